The van der Waals surface area contributed by atoms with E-state index in [-0.39, 0.29) is 0 Å². The Morgan fingerprint density at radius 2 is 2.25 bits per heavy atom. The van der Waals surface area contributed by atoms with Gasteiger partial charge in [0.15, 0.2) is 0 Å². The van der Waals surface area contributed by atoms with Gasteiger partial charge in [-0.1, -0.05) is 18.6 Å². The molecule has 2 heteroatoms. The summed E-state index contributed by atoms with van der Waals surface area (Å²) in [6.45, 7) is 2.16. The average molecular weight is 224 g/mol. The highest BCUT2D eigenvalue weighted by atomic mass is 16.5. The van der Waals surface area contributed by atoms with E-state index in [4.69, 9.17) is 4.74 Å². The molecular weight excluding hydrogens is 200 g/mol. The van der Waals surface area contributed by atoms with Gasteiger partial charge in [0.1, 0.15) is 5.78 Å². The third kappa shape index (κ3) is 4.93. The Balaban J connectivity index is 2.18. The second kappa shape index (κ2) is 7.61. The van der Waals surface area contributed by atoms with Crippen molar-refractivity contribution < 1.29 is 9.53 Å². The fourth-order valence-corrected chi connectivity index (χ4v) is 2.26. The molecule has 0 saturated heterocycles. The van der Waals surface area contributed by atoms with Gasteiger partial charge in [0, 0.05) is 20.0 Å². The Morgan fingerprint density at radius 3 is 2.88 bits per heavy atom. The zero-order valence-corrected chi connectivity index (χ0v) is 10.6. The molecule has 0 aromatic heterocycles. The van der Waals surface area contributed by atoms with Gasteiger partial charge >= 0.3 is 0 Å². The third-order valence-electron chi connectivity index (χ3n) is 3.33. The molecule has 92 valence electrons. The summed E-state index contributed by atoms with van der Waals surface area (Å²) in [5.41, 5.74) is 1.36. The molecule has 1 aliphatic rings. The van der Waals surface area contributed by atoms with Crippen molar-refractivity contribution in [2.24, 2.45) is 0 Å². The van der Waals surface area contributed by atoms with E-state index >= 15 is 0 Å². The number of Topliss-reactive ketones (excluding diaryl/α,β-unsaturated/α-hetero) is 1. The number of carbonyl (C=O) groups excluding carboxylic acids is 1. The summed E-state index contributed by atoms with van der Waals surface area (Å²) in [6.07, 6.45) is 10.9. The Morgan fingerprint density at radius 1 is 1.44 bits per heavy atom. The van der Waals surface area contributed by atoms with Gasteiger partial charge in [0.05, 0.1) is 6.10 Å². The second-order valence-corrected chi connectivity index (χ2v) is 4.63. The molecule has 1 saturated carbocycles. The largest absolute Gasteiger partial charge is 0.381 e. The minimum absolute atomic E-state index is 0.409. The van der Waals surface area contributed by atoms with E-state index in [9.17, 15) is 4.79 Å². The van der Waals surface area contributed by atoms with Crippen molar-refractivity contribution in [1.82, 2.24) is 0 Å². The SMILES string of the molecule is CCC(CCC/C=C1/CCCC(=O)C1)OC. The van der Waals surface area contributed by atoms with Gasteiger partial charge in [0.25, 0.3) is 0 Å². The van der Waals surface area contributed by atoms with Crippen LogP contribution in [0.2, 0.25) is 0 Å². The molecule has 0 spiro atoms. The van der Waals surface area contributed by atoms with Crippen LogP contribution in [0.3, 0.4) is 0 Å². The molecule has 1 fully saturated rings. The van der Waals surface area contributed by atoms with Crippen LogP contribution in [-0.2, 0) is 9.53 Å². The predicted octanol–water partition coefficient (Wildman–Crippen LogP) is 3.65. The molecule has 0 amide bonds. The van der Waals surface area contributed by atoms with Crippen LogP contribution in [0.5, 0.6) is 0 Å². The highest BCUT2D eigenvalue weighted by Crippen LogP contribution is 2.21. The summed E-state index contributed by atoms with van der Waals surface area (Å²) in [5, 5.41) is 0. The number of carbonyl (C=O) groups is 1. The molecule has 1 atom stereocenters. The third-order valence-corrected chi connectivity index (χ3v) is 3.33. The molecule has 0 heterocycles. The van der Waals surface area contributed by atoms with Crippen molar-refractivity contribution in [1.29, 1.82) is 0 Å². The van der Waals surface area contributed by atoms with Gasteiger partial charge in [-0.2, -0.15) is 0 Å². The van der Waals surface area contributed by atoms with Crippen LogP contribution in [0, 0.1) is 0 Å². The standard InChI is InChI=1S/C14H24O2/c1-3-14(16-2)10-5-4-7-12-8-6-9-13(15)11-12/h7,14H,3-6,8-11H2,1-2H3/b12-7-. The Labute approximate surface area is 99.1 Å². The summed E-state index contributed by atoms with van der Waals surface area (Å²) in [6, 6.07) is 0. The van der Waals surface area contributed by atoms with Crippen molar-refractivity contribution in [3.05, 3.63) is 11.6 Å². The van der Waals surface area contributed by atoms with E-state index in [0.717, 1.165) is 38.5 Å². The van der Waals surface area contributed by atoms with Gasteiger partial charge in [0.2, 0.25) is 0 Å². The molecule has 16 heavy (non-hydrogen) atoms. The second-order valence-electron chi connectivity index (χ2n) is 4.63. The summed E-state index contributed by atoms with van der Waals surface area (Å²) in [4.78, 5) is 11.2. The minimum atomic E-state index is 0.409. The van der Waals surface area contributed by atoms with Crippen LogP contribution in [0.15, 0.2) is 11.6 Å². The number of methoxy groups -OCH3 is 1. The zero-order chi connectivity index (χ0) is 11.8. The van der Waals surface area contributed by atoms with E-state index < -0.39 is 0 Å². The monoisotopic (exact) mass is 224 g/mol. The predicted molar refractivity (Wildman–Crippen MR) is 66.5 cm³/mol. The topological polar surface area (TPSA) is 26.3 Å². The number of ether oxygens (including phenoxy) is 1. The Bertz CT molecular complexity index is 239. The van der Waals surface area contributed by atoms with Gasteiger partial charge in [-0.15, -0.1) is 0 Å². The average Bonchev–Trinajstić information content (AvgIpc) is 2.29. The summed E-state index contributed by atoms with van der Waals surface area (Å²) >= 11 is 0. The van der Waals surface area contributed by atoms with Crippen molar-refractivity contribution in [2.45, 2.75) is 64.4 Å². The van der Waals surface area contributed by atoms with E-state index in [1.54, 1.807) is 7.11 Å². The number of unbranched alkanes of at least 4 members (excludes halogenated alkanes) is 1. The molecule has 1 rings (SSSR count). The van der Waals surface area contributed by atoms with Gasteiger partial charge in [-0.05, 0) is 38.5 Å². The molecule has 0 aliphatic heterocycles. The lowest BCUT2D eigenvalue weighted by Gasteiger charge is -2.14. The van der Waals surface area contributed by atoms with E-state index in [0.29, 0.717) is 18.3 Å². The van der Waals surface area contributed by atoms with E-state index in [2.05, 4.69) is 13.0 Å². The van der Waals surface area contributed by atoms with E-state index in [1.807, 2.05) is 0 Å². The van der Waals surface area contributed by atoms with E-state index in [1.165, 1.54) is 12.0 Å². The minimum Gasteiger partial charge on any atom is -0.381 e. The van der Waals surface area contributed by atoms with Crippen molar-refractivity contribution in [2.75, 3.05) is 7.11 Å². The quantitative estimate of drug-likeness (QED) is 0.508. The maximum atomic E-state index is 11.2. The molecule has 1 unspecified atom stereocenters. The summed E-state index contributed by atoms with van der Waals surface area (Å²) in [7, 11) is 1.78. The molecule has 1 aliphatic carbocycles. The Kier molecular flexibility index (Phi) is 6.39. The fourth-order valence-electron chi connectivity index (χ4n) is 2.26. The van der Waals surface area contributed by atoms with Crippen molar-refractivity contribution in [3.8, 4) is 0 Å². The number of ketones is 1. The normalized spacial score (nSPS) is 21.4. The number of hydrogen-bond acceptors (Lipinski definition) is 2. The molecule has 0 aromatic rings. The lowest BCUT2D eigenvalue weighted by Crippen LogP contribution is -2.08. The van der Waals surface area contributed by atoms with Crippen LogP contribution in [-0.4, -0.2) is 19.0 Å². The molecular formula is C14H24O2. The number of rotatable bonds is 6. The van der Waals surface area contributed by atoms with Gasteiger partial charge in [-0.3, -0.25) is 4.79 Å². The first-order valence-electron chi connectivity index (χ1n) is 6.48. The zero-order valence-electron chi connectivity index (χ0n) is 10.6. The first kappa shape index (κ1) is 13.4. The van der Waals surface area contributed by atoms with Gasteiger partial charge in [-0.25, -0.2) is 0 Å². The molecule has 0 N–H and O–H groups in total. The van der Waals surface area contributed by atoms with Crippen LogP contribution >= 0.6 is 0 Å². The maximum Gasteiger partial charge on any atom is 0.136 e. The first-order valence-corrected chi connectivity index (χ1v) is 6.48. The lowest BCUT2D eigenvalue weighted by atomic mass is 9.92. The fraction of sp³-hybridized carbons (Fsp3) is 0.786. The summed E-state index contributed by atoms with van der Waals surface area (Å²) < 4.78 is 5.33. The molecule has 0 radical (unpaired) electrons. The lowest BCUT2D eigenvalue weighted by molar-refractivity contribution is -0.119. The Hall–Kier alpha value is -0.630. The molecule has 2 nitrogen and oxygen atoms in total. The van der Waals surface area contributed by atoms with Crippen LogP contribution in [0.4, 0.5) is 0 Å². The smallest absolute Gasteiger partial charge is 0.136 e. The highest BCUT2D eigenvalue weighted by molar-refractivity contribution is 5.81. The first-order chi connectivity index (χ1) is 7.76. The van der Waals surface area contributed by atoms with Crippen LogP contribution in [0.25, 0.3) is 0 Å². The molecule has 0 aromatic carbocycles. The van der Waals surface area contributed by atoms with Crippen LogP contribution in [0.1, 0.15) is 58.3 Å². The van der Waals surface area contributed by atoms with Crippen molar-refractivity contribution in [3.63, 3.8) is 0 Å². The number of hydrogen-bond donors (Lipinski definition) is 0. The highest BCUT2D eigenvalue weighted by Gasteiger charge is 2.12. The van der Waals surface area contributed by atoms with Crippen LogP contribution < -0.4 is 0 Å². The molecule has 0 bridgehead atoms. The number of allylic oxidation sites excluding steroid dienone is 2. The maximum absolute atomic E-state index is 11.2. The van der Waals surface area contributed by atoms with Crippen molar-refractivity contribution >= 4 is 5.78 Å². The summed E-state index contributed by atoms with van der Waals surface area (Å²) in [5.74, 6) is 0.417. The van der Waals surface area contributed by atoms with Gasteiger partial charge < -0.3 is 4.74 Å².